The molecule has 3 rings (SSSR count). The van der Waals surface area contributed by atoms with E-state index in [1.807, 2.05) is 30.5 Å². The van der Waals surface area contributed by atoms with Gasteiger partial charge in [-0.3, -0.25) is 9.20 Å². The molecule has 3 aromatic heterocycles. The maximum absolute atomic E-state index is 12.7. The summed E-state index contributed by atoms with van der Waals surface area (Å²) >= 11 is 9.28. The number of aromatic nitrogens is 3. The highest BCUT2D eigenvalue weighted by Crippen LogP contribution is 2.22. The van der Waals surface area contributed by atoms with Crippen LogP contribution in [0.4, 0.5) is 5.82 Å². The Kier molecular flexibility index (Phi) is 4.37. The third-order valence-corrected chi connectivity index (χ3v) is 4.12. The molecular formula is C16H14BrClN4O. The summed E-state index contributed by atoms with van der Waals surface area (Å²) in [6.07, 6.45) is 4.00. The Labute approximate surface area is 146 Å². The first-order chi connectivity index (χ1) is 11.0. The van der Waals surface area contributed by atoms with Crippen LogP contribution in [-0.4, -0.2) is 20.3 Å². The lowest BCUT2D eigenvalue weighted by Crippen LogP contribution is -2.17. The molecule has 0 atom stereocenters. The summed E-state index contributed by atoms with van der Waals surface area (Å²) in [6.45, 7) is 3.94. The van der Waals surface area contributed by atoms with E-state index in [0.29, 0.717) is 23.0 Å². The van der Waals surface area contributed by atoms with Crippen LogP contribution in [0, 0.1) is 6.92 Å². The zero-order valence-electron chi connectivity index (χ0n) is 12.6. The number of amides is 1. The van der Waals surface area contributed by atoms with Crippen molar-refractivity contribution in [1.29, 1.82) is 0 Å². The Morgan fingerprint density at radius 1 is 1.43 bits per heavy atom. The molecule has 0 saturated carbocycles. The molecule has 0 radical (unpaired) electrons. The number of aryl methyl sites for hydroxylation is 2. The van der Waals surface area contributed by atoms with Crippen LogP contribution in [0.15, 0.2) is 35.1 Å². The number of rotatable bonds is 3. The molecule has 3 heterocycles. The van der Waals surface area contributed by atoms with Crippen LogP contribution < -0.4 is 5.32 Å². The summed E-state index contributed by atoms with van der Waals surface area (Å²) in [5, 5.41) is 3.31. The predicted octanol–water partition coefficient (Wildman–Crippen LogP) is 4.27. The number of carbonyl (C=O) groups is 1. The standard InChI is InChI=1S/C16H14BrClN4O/c1-3-12-14(16(23)21-13-5-4-11(18)7-19-13)22-8-10(17)6-9(2)15(22)20-12/h4-8H,3H2,1-2H3,(H,19,21,23). The van der Waals surface area contributed by atoms with Gasteiger partial charge < -0.3 is 5.32 Å². The number of pyridine rings is 2. The van der Waals surface area contributed by atoms with Gasteiger partial charge in [-0.2, -0.15) is 0 Å². The first-order valence-corrected chi connectivity index (χ1v) is 8.26. The fraction of sp³-hybridized carbons (Fsp3) is 0.188. The second-order valence-electron chi connectivity index (χ2n) is 5.11. The Hall–Kier alpha value is -1.92. The molecule has 0 aliphatic carbocycles. The second-order valence-corrected chi connectivity index (χ2v) is 6.46. The lowest BCUT2D eigenvalue weighted by atomic mass is 10.2. The number of nitrogens with one attached hydrogen (secondary N) is 1. The van der Waals surface area contributed by atoms with Crippen LogP contribution in [0.2, 0.25) is 5.02 Å². The van der Waals surface area contributed by atoms with Crippen molar-refractivity contribution in [2.75, 3.05) is 5.32 Å². The largest absolute Gasteiger partial charge is 0.305 e. The van der Waals surface area contributed by atoms with E-state index in [4.69, 9.17) is 11.6 Å². The Morgan fingerprint density at radius 2 is 2.22 bits per heavy atom. The Balaban J connectivity index is 2.07. The first kappa shape index (κ1) is 16.0. The molecule has 5 nitrogen and oxygen atoms in total. The van der Waals surface area contributed by atoms with E-state index in [-0.39, 0.29) is 5.91 Å². The molecule has 0 fully saturated rings. The molecule has 0 unspecified atom stereocenters. The van der Waals surface area contributed by atoms with Gasteiger partial charge in [0.15, 0.2) is 0 Å². The first-order valence-electron chi connectivity index (χ1n) is 7.09. The minimum absolute atomic E-state index is 0.248. The highest BCUT2D eigenvalue weighted by molar-refractivity contribution is 9.10. The normalized spacial score (nSPS) is 11.0. The van der Waals surface area contributed by atoms with Crippen molar-refractivity contribution in [2.45, 2.75) is 20.3 Å². The summed E-state index contributed by atoms with van der Waals surface area (Å²) in [5.41, 5.74) is 3.04. The molecule has 0 saturated heterocycles. The zero-order valence-corrected chi connectivity index (χ0v) is 14.9. The van der Waals surface area contributed by atoms with Crippen molar-refractivity contribution in [3.63, 3.8) is 0 Å². The third-order valence-electron chi connectivity index (χ3n) is 3.46. The molecule has 118 valence electrons. The second kappa shape index (κ2) is 6.29. The molecule has 0 aliphatic heterocycles. The summed E-state index contributed by atoms with van der Waals surface area (Å²) in [7, 11) is 0. The average Bonchev–Trinajstić information content (AvgIpc) is 2.88. The minimum atomic E-state index is -0.248. The number of hydrogen-bond donors (Lipinski definition) is 1. The van der Waals surface area contributed by atoms with Crippen molar-refractivity contribution in [1.82, 2.24) is 14.4 Å². The van der Waals surface area contributed by atoms with Crippen LogP contribution in [0.5, 0.6) is 0 Å². The summed E-state index contributed by atoms with van der Waals surface area (Å²) in [6, 6.07) is 5.32. The average molecular weight is 394 g/mol. The molecule has 7 heteroatoms. The van der Waals surface area contributed by atoms with Gasteiger partial charge in [0.25, 0.3) is 5.91 Å². The van der Waals surface area contributed by atoms with E-state index in [1.165, 1.54) is 6.20 Å². The van der Waals surface area contributed by atoms with Gasteiger partial charge in [-0.15, -0.1) is 0 Å². The number of halogens is 2. The summed E-state index contributed by atoms with van der Waals surface area (Å²) in [5.74, 6) is 0.199. The number of hydrogen-bond acceptors (Lipinski definition) is 3. The molecule has 0 bridgehead atoms. The van der Waals surface area contributed by atoms with Gasteiger partial charge >= 0.3 is 0 Å². The quantitative estimate of drug-likeness (QED) is 0.723. The van der Waals surface area contributed by atoms with Gasteiger partial charge in [0.1, 0.15) is 17.2 Å². The summed E-state index contributed by atoms with van der Waals surface area (Å²) in [4.78, 5) is 21.4. The van der Waals surface area contributed by atoms with Crippen molar-refractivity contribution in [3.05, 3.63) is 57.0 Å². The highest BCUT2D eigenvalue weighted by atomic mass is 79.9. The Bertz CT molecular complexity index is 889. The van der Waals surface area contributed by atoms with E-state index in [1.54, 1.807) is 12.1 Å². The number of carbonyl (C=O) groups excluding carboxylic acids is 1. The van der Waals surface area contributed by atoms with Gasteiger partial charge in [-0.1, -0.05) is 18.5 Å². The molecule has 1 N–H and O–H groups in total. The van der Waals surface area contributed by atoms with Crippen molar-refractivity contribution < 1.29 is 4.79 Å². The molecule has 0 spiro atoms. The maximum atomic E-state index is 12.7. The van der Waals surface area contributed by atoms with Gasteiger partial charge in [-0.05, 0) is 53.0 Å². The SMILES string of the molecule is CCc1nc2c(C)cc(Br)cn2c1C(=O)Nc1ccc(Cl)cn1. The monoisotopic (exact) mass is 392 g/mol. The summed E-state index contributed by atoms with van der Waals surface area (Å²) < 4.78 is 2.70. The molecular weight excluding hydrogens is 380 g/mol. The van der Waals surface area contributed by atoms with Crippen molar-refractivity contribution in [3.8, 4) is 0 Å². The van der Waals surface area contributed by atoms with E-state index >= 15 is 0 Å². The van der Waals surface area contributed by atoms with Gasteiger partial charge in [0.2, 0.25) is 0 Å². The number of nitrogens with zero attached hydrogens (tertiary/aromatic N) is 3. The maximum Gasteiger partial charge on any atom is 0.275 e. The van der Waals surface area contributed by atoms with Gasteiger partial charge in [0, 0.05) is 16.9 Å². The predicted molar refractivity (Wildman–Crippen MR) is 94.2 cm³/mol. The van der Waals surface area contributed by atoms with E-state index in [0.717, 1.165) is 21.4 Å². The lowest BCUT2D eigenvalue weighted by Gasteiger charge is -2.07. The van der Waals surface area contributed by atoms with Gasteiger partial charge in [-0.25, -0.2) is 9.97 Å². The van der Waals surface area contributed by atoms with Crippen LogP contribution in [0.25, 0.3) is 5.65 Å². The lowest BCUT2D eigenvalue weighted by molar-refractivity contribution is 0.102. The van der Waals surface area contributed by atoms with Crippen LogP contribution in [0.3, 0.4) is 0 Å². The van der Waals surface area contributed by atoms with Gasteiger partial charge in [0.05, 0.1) is 10.7 Å². The molecule has 1 amide bonds. The fourth-order valence-corrected chi connectivity index (χ4v) is 3.09. The number of fused-ring (bicyclic) bond motifs is 1. The van der Waals surface area contributed by atoms with Crippen LogP contribution >= 0.6 is 27.5 Å². The molecule has 0 aromatic carbocycles. The molecule has 0 aliphatic rings. The highest BCUT2D eigenvalue weighted by Gasteiger charge is 2.20. The van der Waals surface area contributed by atoms with Crippen molar-refractivity contribution in [2.24, 2.45) is 0 Å². The molecule has 23 heavy (non-hydrogen) atoms. The molecule has 3 aromatic rings. The third kappa shape index (κ3) is 3.09. The zero-order chi connectivity index (χ0) is 16.6. The topological polar surface area (TPSA) is 59.3 Å². The van der Waals surface area contributed by atoms with E-state index in [9.17, 15) is 4.79 Å². The number of imidazole rings is 1. The van der Waals surface area contributed by atoms with Crippen molar-refractivity contribution >= 4 is 44.9 Å². The smallest absolute Gasteiger partial charge is 0.275 e. The van der Waals surface area contributed by atoms with E-state index < -0.39 is 0 Å². The van der Waals surface area contributed by atoms with Crippen LogP contribution in [0.1, 0.15) is 28.7 Å². The minimum Gasteiger partial charge on any atom is -0.305 e. The van der Waals surface area contributed by atoms with Crippen LogP contribution in [-0.2, 0) is 6.42 Å². The fourth-order valence-electron chi connectivity index (χ4n) is 2.43. The number of anilines is 1. The van der Waals surface area contributed by atoms with E-state index in [2.05, 4.69) is 31.2 Å². The Morgan fingerprint density at radius 3 is 2.87 bits per heavy atom.